The minimum Gasteiger partial charge on any atom is -0.456 e. The van der Waals surface area contributed by atoms with E-state index < -0.39 is 84.1 Å². The fraction of sp³-hybridized carbons (Fsp3) is 0. The Morgan fingerprint density at radius 1 is 0.385 bits per heavy atom. The summed E-state index contributed by atoms with van der Waals surface area (Å²) in [5.41, 5.74) is 2.64. The Bertz CT molecular complexity index is 2770. The molecule has 0 aliphatic rings. The van der Waals surface area contributed by atoms with E-state index >= 15 is 0 Å². The van der Waals surface area contributed by atoms with Crippen LogP contribution in [0.2, 0.25) is 0 Å². The molecule has 0 aliphatic heterocycles. The van der Waals surface area contributed by atoms with Gasteiger partial charge in [-0.15, -0.1) is 0 Å². The van der Waals surface area contributed by atoms with Gasteiger partial charge in [0.25, 0.3) is 0 Å². The third-order valence-corrected chi connectivity index (χ3v) is 6.99. The molecule has 8 rings (SSSR count). The van der Waals surface area contributed by atoms with Crippen LogP contribution in [0.5, 0.6) is 0 Å². The quantitative estimate of drug-likeness (QED) is 0.216. The molecule has 0 aliphatic carbocycles. The first-order valence-corrected chi connectivity index (χ1v) is 12.3. The predicted molar refractivity (Wildman–Crippen MR) is 165 cm³/mol. The highest BCUT2D eigenvalue weighted by Crippen LogP contribution is 2.44. The molecule has 0 amide bonds. The zero-order chi connectivity index (χ0) is 37.1. The van der Waals surface area contributed by atoms with Gasteiger partial charge in [0.1, 0.15) is 11.2 Å². The average Bonchev–Trinajstić information content (AvgIpc) is 3.52. The largest absolute Gasteiger partial charge is 0.456 e. The molecule has 0 saturated heterocycles. The Morgan fingerprint density at radius 2 is 0.872 bits per heavy atom. The fourth-order valence-corrected chi connectivity index (χ4v) is 5.28. The van der Waals surface area contributed by atoms with E-state index in [1.54, 1.807) is 18.2 Å². The Morgan fingerprint density at radius 3 is 1.46 bits per heavy atom. The third kappa shape index (κ3) is 3.48. The second-order valence-corrected chi connectivity index (χ2v) is 9.14. The molecule has 0 spiro atoms. The SMILES string of the molecule is [2H]c1c([2H])c([2H])c(-c2c3c([2H])c([2H])c([2H])c([2H])c3c(-c3ccc4oc5ccc(-c6ccccc6)cc5c4c3)c3c([2H])c([2H])c([2H])c([2H])c23)c([2H])c1[2H]. The summed E-state index contributed by atoms with van der Waals surface area (Å²) in [6, 6.07) is 12.2. The van der Waals surface area contributed by atoms with Gasteiger partial charge >= 0.3 is 0 Å². The second kappa shape index (κ2) is 8.72. The van der Waals surface area contributed by atoms with Crippen molar-refractivity contribution in [2.45, 2.75) is 0 Å². The van der Waals surface area contributed by atoms with Crippen LogP contribution < -0.4 is 0 Å². The number of hydrogen-bond acceptors (Lipinski definition) is 1. The van der Waals surface area contributed by atoms with Crippen molar-refractivity contribution in [1.29, 1.82) is 0 Å². The zero-order valence-corrected chi connectivity index (χ0v) is 20.3. The lowest BCUT2D eigenvalue weighted by molar-refractivity contribution is 0.669. The summed E-state index contributed by atoms with van der Waals surface area (Å²) in [6.07, 6.45) is 0. The van der Waals surface area contributed by atoms with Crippen LogP contribution in [-0.4, -0.2) is 0 Å². The van der Waals surface area contributed by atoms with Crippen molar-refractivity contribution in [3.63, 3.8) is 0 Å². The van der Waals surface area contributed by atoms with E-state index in [4.69, 9.17) is 19.5 Å². The zero-order valence-electron chi connectivity index (χ0n) is 33.3. The molecule has 1 nitrogen and oxygen atoms in total. The van der Waals surface area contributed by atoms with Crippen molar-refractivity contribution in [1.82, 2.24) is 0 Å². The van der Waals surface area contributed by atoms with Crippen LogP contribution in [0, 0.1) is 0 Å². The van der Waals surface area contributed by atoms with Crippen molar-refractivity contribution < 1.29 is 22.2 Å². The number of rotatable bonds is 3. The lowest BCUT2D eigenvalue weighted by Gasteiger charge is -2.17. The number of benzene rings is 7. The van der Waals surface area contributed by atoms with E-state index in [-0.39, 0.29) is 32.7 Å². The second-order valence-electron chi connectivity index (χ2n) is 9.14. The van der Waals surface area contributed by atoms with Crippen molar-refractivity contribution in [3.05, 3.63) is 145 Å². The van der Waals surface area contributed by atoms with Gasteiger partial charge in [-0.05, 0) is 79.2 Å². The first-order chi connectivity index (χ1) is 24.7. The first-order valence-electron chi connectivity index (χ1n) is 18.8. The molecule has 0 atom stereocenters. The van der Waals surface area contributed by atoms with Crippen LogP contribution in [0.25, 0.3) is 76.9 Å². The van der Waals surface area contributed by atoms with Crippen LogP contribution in [0.4, 0.5) is 0 Å². The van der Waals surface area contributed by atoms with Crippen molar-refractivity contribution in [2.24, 2.45) is 0 Å². The smallest absolute Gasteiger partial charge is 0.135 e. The molecule has 0 saturated carbocycles. The summed E-state index contributed by atoms with van der Waals surface area (Å²) in [5.74, 6) is 0. The van der Waals surface area contributed by atoms with Gasteiger partial charge in [-0.2, -0.15) is 0 Å². The van der Waals surface area contributed by atoms with Gasteiger partial charge in [-0.25, -0.2) is 0 Å². The fourth-order valence-electron chi connectivity index (χ4n) is 5.28. The Hall–Kier alpha value is -5.14. The lowest BCUT2D eigenvalue weighted by Crippen LogP contribution is -1.90. The van der Waals surface area contributed by atoms with E-state index in [1.807, 2.05) is 48.5 Å². The number of hydrogen-bond donors (Lipinski definition) is 0. The van der Waals surface area contributed by atoms with Crippen LogP contribution in [0.1, 0.15) is 17.8 Å². The standard InChI is InChI=1S/C38H24O/c1-3-11-25(12-4-1)27-19-21-35-33(23-27)34-24-28(20-22-36(34)39-35)38-31-17-9-7-15-29(31)37(26-13-5-2-6-14-26)30-16-8-10-18-32(30)38/h1-24H/i2D,5D,6D,7D,8D,9D,10D,13D,14D,15D,16D,17D,18D. The molecule has 1 aromatic heterocycles. The summed E-state index contributed by atoms with van der Waals surface area (Å²) in [7, 11) is 0. The van der Waals surface area contributed by atoms with E-state index in [9.17, 15) is 2.74 Å². The summed E-state index contributed by atoms with van der Waals surface area (Å²) in [6.45, 7) is 0. The topological polar surface area (TPSA) is 13.1 Å². The molecule has 0 radical (unpaired) electrons. The minimum atomic E-state index is -0.713. The molecule has 0 unspecified atom stereocenters. The maximum Gasteiger partial charge on any atom is 0.135 e. The summed E-state index contributed by atoms with van der Waals surface area (Å²) in [5, 5.41) is 0.611. The van der Waals surface area contributed by atoms with Gasteiger partial charge in [0, 0.05) is 10.8 Å². The molecule has 1 heterocycles. The van der Waals surface area contributed by atoms with Gasteiger partial charge in [-0.1, -0.05) is 121 Å². The highest BCUT2D eigenvalue weighted by Gasteiger charge is 2.17. The van der Waals surface area contributed by atoms with E-state index in [0.717, 1.165) is 16.5 Å². The van der Waals surface area contributed by atoms with E-state index in [1.165, 1.54) is 0 Å². The van der Waals surface area contributed by atoms with Crippen LogP contribution in [0.15, 0.2) is 150 Å². The van der Waals surface area contributed by atoms with Gasteiger partial charge in [0.05, 0.1) is 17.8 Å². The minimum absolute atomic E-state index is 0.0654. The number of furan rings is 1. The van der Waals surface area contributed by atoms with Crippen molar-refractivity contribution in [3.8, 4) is 33.4 Å². The maximum absolute atomic E-state index is 9.18. The third-order valence-electron chi connectivity index (χ3n) is 6.99. The summed E-state index contributed by atoms with van der Waals surface area (Å²) in [4.78, 5) is 0. The van der Waals surface area contributed by atoms with E-state index in [0.29, 0.717) is 22.1 Å². The van der Waals surface area contributed by atoms with Crippen LogP contribution >= 0.6 is 0 Å². The van der Waals surface area contributed by atoms with Crippen molar-refractivity contribution >= 4 is 43.5 Å². The first kappa shape index (κ1) is 12.6. The Labute approximate surface area is 244 Å². The highest BCUT2D eigenvalue weighted by molar-refractivity contribution is 6.22. The van der Waals surface area contributed by atoms with Gasteiger partial charge in [-0.3, -0.25) is 0 Å². The molecule has 0 N–H and O–H groups in total. The summed E-state index contributed by atoms with van der Waals surface area (Å²) < 4.78 is 120. The highest BCUT2D eigenvalue weighted by atomic mass is 16.3. The molecular weight excluding hydrogens is 472 g/mol. The van der Waals surface area contributed by atoms with Gasteiger partial charge in [0.15, 0.2) is 0 Å². The monoisotopic (exact) mass is 509 g/mol. The van der Waals surface area contributed by atoms with Crippen LogP contribution in [-0.2, 0) is 0 Å². The molecule has 182 valence electrons. The molecule has 8 aromatic rings. The lowest BCUT2D eigenvalue weighted by atomic mass is 9.86. The molecule has 1 heteroatoms. The number of fused-ring (bicyclic) bond motifs is 5. The maximum atomic E-state index is 9.18. The molecule has 0 bridgehead atoms. The normalized spacial score (nSPS) is 16.3. The van der Waals surface area contributed by atoms with E-state index in [2.05, 4.69) is 0 Å². The summed E-state index contributed by atoms with van der Waals surface area (Å²) >= 11 is 0. The Kier molecular flexibility index (Phi) is 2.82. The van der Waals surface area contributed by atoms with Gasteiger partial charge in [0.2, 0.25) is 0 Å². The molecule has 0 fully saturated rings. The van der Waals surface area contributed by atoms with Gasteiger partial charge < -0.3 is 4.42 Å². The van der Waals surface area contributed by atoms with Crippen molar-refractivity contribution in [2.75, 3.05) is 0 Å². The molecule has 39 heavy (non-hydrogen) atoms. The average molecular weight is 510 g/mol. The van der Waals surface area contributed by atoms with Crippen LogP contribution in [0.3, 0.4) is 0 Å². The Balaban J connectivity index is 1.62. The predicted octanol–water partition coefficient (Wildman–Crippen LogP) is 10.9. The molecule has 7 aromatic carbocycles. The molecular formula is C38H24O.